The van der Waals surface area contributed by atoms with Crippen LogP contribution >= 0.6 is 12.6 Å². The molecule has 0 radical (unpaired) electrons. The van der Waals surface area contributed by atoms with Crippen LogP contribution < -0.4 is 33.2 Å². The topological polar surface area (TPSA) is 235 Å². The van der Waals surface area contributed by atoms with Gasteiger partial charge in [0.05, 0.1) is 19.2 Å². The van der Waals surface area contributed by atoms with Crippen molar-refractivity contribution in [2.24, 2.45) is 22.2 Å². The van der Waals surface area contributed by atoms with Gasteiger partial charge in [-0.15, -0.1) is 0 Å². The van der Waals surface area contributed by atoms with Crippen LogP contribution in [0.5, 0.6) is 0 Å². The molecule has 0 heterocycles. The second-order valence-corrected chi connectivity index (χ2v) is 6.02. The number of nitrogens with zero attached hydrogens (tertiary/aromatic N) is 1. The number of hydrogen-bond donors (Lipinski definition) is 9. The molecule has 0 aromatic rings. The van der Waals surface area contributed by atoms with Gasteiger partial charge in [-0.3, -0.25) is 19.4 Å². The Morgan fingerprint density at radius 1 is 1.07 bits per heavy atom. The molecule has 160 valence electrons. The number of guanidine groups is 1. The molecule has 11 N–H and O–H groups in total. The van der Waals surface area contributed by atoms with E-state index in [1.54, 1.807) is 0 Å². The van der Waals surface area contributed by atoms with E-state index in [-0.39, 0.29) is 11.7 Å². The molecule has 28 heavy (non-hydrogen) atoms. The largest absolute Gasteiger partial charge is 0.480 e. The lowest BCUT2D eigenvalue weighted by Gasteiger charge is -2.19. The van der Waals surface area contributed by atoms with Crippen molar-refractivity contribution in [2.75, 3.05) is 25.4 Å². The van der Waals surface area contributed by atoms with Crippen molar-refractivity contribution in [3.63, 3.8) is 0 Å². The Balaban J connectivity index is 4.38. The fourth-order valence-corrected chi connectivity index (χ4v) is 2.10. The molecule has 0 fully saturated rings. The molecule has 14 heteroatoms. The molecule has 0 saturated carbocycles. The number of nitrogens with two attached hydrogens (primary N) is 3. The van der Waals surface area contributed by atoms with E-state index in [9.17, 15) is 19.2 Å². The fraction of sp³-hybridized carbons (Fsp3) is 0.643. The van der Waals surface area contributed by atoms with Gasteiger partial charge in [0, 0.05) is 12.3 Å². The summed E-state index contributed by atoms with van der Waals surface area (Å²) in [5, 5.41) is 24.4. The van der Waals surface area contributed by atoms with E-state index in [1.165, 1.54) is 0 Å². The molecule has 0 spiro atoms. The predicted octanol–water partition coefficient (Wildman–Crippen LogP) is -4.54. The highest BCUT2D eigenvalue weighted by atomic mass is 32.1. The standard InChI is InChI=1S/C14H27N7O6S/c15-7(2-1-3-18-14(16)17)11(24)19-4-10(23)20-9(6-28)12(25)21-8(5-22)13(26)27/h7-9,22,28H,1-6,15H2,(H,19,24)(H,20,23)(H,21,25)(H,26,27)(H4,16,17,18). The highest BCUT2D eigenvalue weighted by Gasteiger charge is 2.25. The Hall–Kier alpha value is -2.58. The van der Waals surface area contributed by atoms with Gasteiger partial charge >= 0.3 is 5.97 Å². The first-order chi connectivity index (χ1) is 13.1. The zero-order chi connectivity index (χ0) is 21.7. The number of aliphatic imine (C=N–C) groups is 1. The second kappa shape index (κ2) is 13.6. The SMILES string of the molecule is NC(N)=NCCCC(N)C(=O)NCC(=O)NC(CS)C(=O)NC(CO)C(=O)O. The Morgan fingerprint density at radius 3 is 2.21 bits per heavy atom. The Labute approximate surface area is 166 Å². The molecule has 0 aromatic carbocycles. The number of aliphatic carboxylic acids is 1. The van der Waals surface area contributed by atoms with Crippen molar-refractivity contribution in [2.45, 2.75) is 31.0 Å². The van der Waals surface area contributed by atoms with Gasteiger partial charge in [-0.2, -0.15) is 12.6 Å². The van der Waals surface area contributed by atoms with Crippen LogP contribution in [0.4, 0.5) is 0 Å². The monoisotopic (exact) mass is 421 g/mol. The summed E-state index contributed by atoms with van der Waals surface area (Å²) in [6.45, 7) is -0.945. The number of carbonyl (C=O) groups is 4. The minimum Gasteiger partial charge on any atom is -0.480 e. The van der Waals surface area contributed by atoms with Crippen LogP contribution in [0, 0.1) is 0 Å². The average molecular weight is 421 g/mol. The van der Waals surface area contributed by atoms with Crippen LogP contribution in [0.25, 0.3) is 0 Å². The highest BCUT2D eigenvalue weighted by molar-refractivity contribution is 7.80. The maximum atomic E-state index is 11.9. The summed E-state index contributed by atoms with van der Waals surface area (Å²) >= 11 is 3.92. The van der Waals surface area contributed by atoms with Gasteiger partial charge in [0.15, 0.2) is 5.96 Å². The Kier molecular flexibility index (Phi) is 12.3. The molecule has 0 aromatic heterocycles. The smallest absolute Gasteiger partial charge is 0.328 e. The Morgan fingerprint density at radius 2 is 1.71 bits per heavy atom. The molecule has 0 rings (SSSR count). The fourth-order valence-electron chi connectivity index (χ4n) is 1.85. The van der Waals surface area contributed by atoms with Gasteiger partial charge in [-0.25, -0.2) is 4.79 Å². The van der Waals surface area contributed by atoms with E-state index in [1.807, 2.05) is 0 Å². The van der Waals surface area contributed by atoms with Crippen molar-refractivity contribution in [1.29, 1.82) is 0 Å². The van der Waals surface area contributed by atoms with Crippen molar-refractivity contribution in [1.82, 2.24) is 16.0 Å². The summed E-state index contributed by atoms with van der Waals surface area (Å²) in [6.07, 6.45) is 0.764. The summed E-state index contributed by atoms with van der Waals surface area (Å²) in [5.74, 6) is -3.74. The number of hydrogen-bond acceptors (Lipinski definition) is 8. The van der Waals surface area contributed by atoms with Crippen LogP contribution in [0.15, 0.2) is 4.99 Å². The lowest BCUT2D eigenvalue weighted by molar-refractivity contribution is -0.143. The van der Waals surface area contributed by atoms with Gasteiger partial charge in [0.1, 0.15) is 12.1 Å². The predicted molar refractivity (Wildman–Crippen MR) is 103 cm³/mol. The van der Waals surface area contributed by atoms with E-state index < -0.39 is 55.0 Å². The van der Waals surface area contributed by atoms with Crippen molar-refractivity contribution >= 4 is 42.3 Å². The molecule has 0 aliphatic heterocycles. The van der Waals surface area contributed by atoms with Crippen LogP contribution in [0.3, 0.4) is 0 Å². The third kappa shape index (κ3) is 10.5. The average Bonchev–Trinajstić information content (AvgIpc) is 2.64. The number of aliphatic hydroxyl groups excluding tert-OH is 1. The lowest BCUT2D eigenvalue weighted by Crippen LogP contribution is -2.55. The van der Waals surface area contributed by atoms with Gasteiger partial charge in [0.2, 0.25) is 17.7 Å². The molecular formula is C14H27N7O6S. The van der Waals surface area contributed by atoms with Gasteiger partial charge in [0.25, 0.3) is 0 Å². The molecule has 3 amide bonds. The van der Waals surface area contributed by atoms with Crippen LogP contribution in [-0.4, -0.2) is 83.4 Å². The van der Waals surface area contributed by atoms with Gasteiger partial charge in [-0.1, -0.05) is 0 Å². The van der Waals surface area contributed by atoms with Crippen molar-refractivity contribution < 1.29 is 29.4 Å². The quantitative estimate of drug-likeness (QED) is 0.0601. The normalized spacial score (nSPS) is 13.5. The zero-order valence-electron chi connectivity index (χ0n) is 15.1. The summed E-state index contributed by atoms with van der Waals surface area (Å²) in [5.41, 5.74) is 16.0. The molecule has 3 unspecified atom stereocenters. The van der Waals surface area contributed by atoms with E-state index in [2.05, 4.69) is 33.6 Å². The third-order valence-electron chi connectivity index (χ3n) is 3.36. The Bertz CT molecular complexity index is 585. The van der Waals surface area contributed by atoms with Gasteiger partial charge in [-0.05, 0) is 12.8 Å². The molecule has 0 bridgehead atoms. The third-order valence-corrected chi connectivity index (χ3v) is 3.72. The lowest BCUT2D eigenvalue weighted by atomic mass is 10.1. The molecular weight excluding hydrogens is 394 g/mol. The first-order valence-electron chi connectivity index (χ1n) is 8.25. The second-order valence-electron chi connectivity index (χ2n) is 5.66. The number of carboxylic acids is 1. The van der Waals surface area contributed by atoms with E-state index in [4.69, 9.17) is 27.4 Å². The number of carbonyl (C=O) groups excluding carboxylic acids is 3. The molecule has 13 nitrogen and oxygen atoms in total. The maximum absolute atomic E-state index is 11.9. The van der Waals surface area contributed by atoms with Crippen molar-refractivity contribution in [3.05, 3.63) is 0 Å². The minimum atomic E-state index is -1.51. The number of aliphatic hydroxyl groups is 1. The number of nitrogens with one attached hydrogen (secondary N) is 3. The maximum Gasteiger partial charge on any atom is 0.328 e. The number of thiol groups is 1. The molecule has 3 atom stereocenters. The van der Waals surface area contributed by atoms with E-state index in [0.717, 1.165) is 0 Å². The van der Waals surface area contributed by atoms with Crippen LogP contribution in [-0.2, 0) is 19.2 Å². The number of carboxylic acid groups (broad SMARTS) is 1. The summed E-state index contributed by atoms with van der Waals surface area (Å²) in [6, 6.07) is -3.54. The molecule has 0 saturated heterocycles. The van der Waals surface area contributed by atoms with Crippen LogP contribution in [0.2, 0.25) is 0 Å². The number of rotatable bonds is 13. The van der Waals surface area contributed by atoms with Crippen molar-refractivity contribution in [3.8, 4) is 0 Å². The zero-order valence-corrected chi connectivity index (χ0v) is 16.0. The first-order valence-corrected chi connectivity index (χ1v) is 8.88. The van der Waals surface area contributed by atoms with Gasteiger partial charge < -0.3 is 43.4 Å². The molecule has 0 aliphatic rings. The summed E-state index contributed by atoms with van der Waals surface area (Å²) in [7, 11) is 0. The highest BCUT2D eigenvalue weighted by Crippen LogP contribution is 1.96. The van der Waals surface area contributed by atoms with E-state index >= 15 is 0 Å². The summed E-state index contributed by atoms with van der Waals surface area (Å²) in [4.78, 5) is 50.2. The van der Waals surface area contributed by atoms with E-state index in [0.29, 0.717) is 19.4 Å². The van der Waals surface area contributed by atoms with Crippen LogP contribution in [0.1, 0.15) is 12.8 Å². The first kappa shape index (κ1) is 25.4. The molecule has 0 aliphatic carbocycles. The summed E-state index contributed by atoms with van der Waals surface area (Å²) < 4.78 is 0. The number of amides is 3. The minimum absolute atomic E-state index is 0.0638.